The van der Waals surface area contributed by atoms with Crippen molar-refractivity contribution in [2.45, 2.75) is 13.1 Å². The number of benzene rings is 2. The normalized spacial score (nSPS) is 11.4. The maximum atomic E-state index is 12.7. The number of carbonyl (C=O) groups is 1. The van der Waals surface area contributed by atoms with Crippen LogP contribution in [0, 0.1) is 6.92 Å². The maximum absolute atomic E-state index is 12.7. The first-order chi connectivity index (χ1) is 12.3. The Hall–Kier alpha value is -2.81. The molecule has 5 nitrogen and oxygen atoms in total. The average Bonchev–Trinajstić information content (AvgIpc) is 2.99. The molecular weight excluding hydrogens is 367 g/mol. The predicted octanol–water partition coefficient (Wildman–Crippen LogP) is 5.28. The van der Waals surface area contributed by atoms with Gasteiger partial charge in [-0.05, 0) is 36.8 Å². The first-order valence-electron chi connectivity index (χ1n) is 7.47. The van der Waals surface area contributed by atoms with Crippen molar-refractivity contribution in [2.75, 3.05) is 17.7 Å². The number of carbonyl (C=O) groups excluding carboxylic acids is 1. The smallest absolute Gasteiger partial charge is 0.416 e. The molecule has 0 aliphatic rings. The maximum Gasteiger partial charge on any atom is 0.416 e. The van der Waals surface area contributed by atoms with E-state index in [1.165, 1.54) is 30.6 Å². The number of hydrogen-bond acceptors (Lipinski definition) is 4. The minimum atomic E-state index is -4.48. The molecule has 0 unspecified atom stereocenters. The van der Waals surface area contributed by atoms with E-state index in [4.69, 9.17) is 4.74 Å². The molecule has 26 heavy (non-hydrogen) atoms. The number of amides is 2. The second kappa shape index (κ2) is 6.83. The van der Waals surface area contributed by atoms with Crippen LogP contribution >= 0.6 is 11.3 Å². The molecule has 0 atom stereocenters. The number of hydrogen-bond donors (Lipinski definition) is 2. The number of aryl methyl sites for hydroxylation is 1. The van der Waals surface area contributed by atoms with Gasteiger partial charge in [0, 0.05) is 5.69 Å². The molecule has 0 aliphatic heterocycles. The van der Waals surface area contributed by atoms with Crippen molar-refractivity contribution in [1.82, 2.24) is 4.98 Å². The molecule has 0 radical (unpaired) electrons. The Balaban J connectivity index is 1.79. The van der Waals surface area contributed by atoms with Gasteiger partial charge in [0.2, 0.25) is 0 Å². The Labute approximate surface area is 150 Å². The highest BCUT2D eigenvalue weighted by molar-refractivity contribution is 7.22. The fourth-order valence-electron chi connectivity index (χ4n) is 2.36. The van der Waals surface area contributed by atoms with E-state index in [9.17, 15) is 18.0 Å². The average molecular weight is 381 g/mol. The van der Waals surface area contributed by atoms with Crippen LogP contribution in [0.1, 0.15) is 11.1 Å². The van der Waals surface area contributed by atoms with Crippen LogP contribution in [0.5, 0.6) is 5.75 Å². The molecule has 136 valence electrons. The summed E-state index contributed by atoms with van der Waals surface area (Å²) in [5.41, 5.74) is 0.791. The van der Waals surface area contributed by atoms with Crippen molar-refractivity contribution >= 4 is 38.4 Å². The largest absolute Gasteiger partial charge is 0.494 e. The van der Waals surface area contributed by atoms with Crippen LogP contribution in [0.4, 0.5) is 28.8 Å². The summed E-state index contributed by atoms with van der Waals surface area (Å²) in [7, 11) is 1.52. The summed E-state index contributed by atoms with van der Waals surface area (Å²) < 4.78 is 44.3. The second-order valence-electron chi connectivity index (χ2n) is 5.44. The molecular formula is C17H14F3N3O2S. The van der Waals surface area contributed by atoms with E-state index in [0.717, 1.165) is 22.4 Å². The van der Waals surface area contributed by atoms with Crippen LogP contribution in [0.3, 0.4) is 0 Å². The molecule has 0 saturated carbocycles. The van der Waals surface area contributed by atoms with E-state index < -0.39 is 17.8 Å². The zero-order chi connectivity index (χ0) is 18.9. The van der Waals surface area contributed by atoms with E-state index in [-0.39, 0.29) is 5.69 Å². The molecule has 1 heterocycles. The topological polar surface area (TPSA) is 63.2 Å². The number of nitrogens with one attached hydrogen (secondary N) is 2. The summed E-state index contributed by atoms with van der Waals surface area (Å²) >= 11 is 1.26. The quantitative estimate of drug-likeness (QED) is 0.649. The number of aromatic nitrogens is 1. The number of urea groups is 1. The van der Waals surface area contributed by atoms with E-state index in [1.54, 1.807) is 6.07 Å². The lowest BCUT2D eigenvalue weighted by Gasteiger charge is -2.09. The van der Waals surface area contributed by atoms with Gasteiger partial charge < -0.3 is 10.1 Å². The molecule has 2 aromatic carbocycles. The highest BCUT2D eigenvalue weighted by Crippen LogP contribution is 2.35. The SMILES string of the molecule is COc1ccc(C)c2sc(NC(=O)Nc3cccc(C(F)(F)F)c3)nc12. The van der Waals surface area contributed by atoms with Crippen LogP contribution in [-0.4, -0.2) is 18.1 Å². The monoisotopic (exact) mass is 381 g/mol. The van der Waals surface area contributed by atoms with Crippen LogP contribution < -0.4 is 15.4 Å². The van der Waals surface area contributed by atoms with Gasteiger partial charge in [-0.25, -0.2) is 9.78 Å². The van der Waals surface area contributed by atoms with Gasteiger partial charge in [-0.15, -0.1) is 0 Å². The number of anilines is 2. The van der Waals surface area contributed by atoms with Gasteiger partial charge in [0.15, 0.2) is 5.13 Å². The predicted molar refractivity (Wildman–Crippen MR) is 95.0 cm³/mol. The first kappa shape index (κ1) is 18.0. The van der Waals surface area contributed by atoms with Gasteiger partial charge in [0.05, 0.1) is 17.4 Å². The molecule has 1 aromatic heterocycles. The molecule has 0 spiro atoms. The Bertz CT molecular complexity index is 970. The minimum absolute atomic E-state index is 0.0344. The van der Waals surface area contributed by atoms with Crippen molar-refractivity contribution in [3.8, 4) is 5.75 Å². The van der Waals surface area contributed by atoms with Gasteiger partial charge in [-0.2, -0.15) is 13.2 Å². The van der Waals surface area contributed by atoms with Crippen molar-refractivity contribution in [3.05, 3.63) is 47.5 Å². The Kier molecular flexibility index (Phi) is 4.73. The second-order valence-corrected chi connectivity index (χ2v) is 6.44. The van der Waals surface area contributed by atoms with Gasteiger partial charge >= 0.3 is 12.2 Å². The number of rotatable bonds is 3. The number of halogens is 3. The Morgan fingerprint density at radius 3 is 2.65 bits per heavy atom. The molecule has 2 amide bonds. The molecule has 3 rings (SSSR count). The fourth-order valence-corrected chi connectivity index (χ4v) is 3.31. The van der Waals surface area contributed by atoms with Crippen LogP contribution in [0.15, 0.2) is 36.4 Å². The summed E-state index contributed by atoms with van der Waals surface area (Å²) in [5.74, 6) is 0.577. The zero-order valence-electron chi connectivity index (χ0n) is 13.8. The first-order valence-corrected chi connectivity index (χ1v) is 8.29. The van der Waals surface area contributed by atoms with E-state index >= 15 is 0 Å². The molecule has 9 heteroatoms. The molecule has 0 fully saturated rings. The van der Waals surface area contributed by atoms with Crippen molar-refractivity contribution in [3.63, 3.8) is 0 Å². The molecule has 0 aliphatic carbocycles. The zero-order valence-corrected chi connectivity index (χ0v) is 14.6. The van der Waals surface area contributed by atoms with Gasteiger partial charge in [-0.1, -0.05) is 23.5 Å². The number of nitrogens with zero attached hydrogens (tertiary/aromatic N) is 1. The Morgan fingerprint density at radius 2 is 1.96 bits per heavy atom. The third-order valence-electron chi connectivity index (χ3n) is 3.59. The number of ether oxygens (including phenoxy) is 1. The lowest BCUT2D eigenvalue weighted by Crippen LogP contribution is -2.19. The third-order valence-corrected chi connectivity index (χ3v) is 4.70. The number of thiazole rings is 1. The highest BCUT2D eigenvalue weighted by Gasteiger charge is 2.30. The third kappa shape index (κ3) is 3.72. The standard InChI is InChI=1S/C17H14F3N3O2S/c1-9-6-7-12(25-2)13-14(9)26-16(22-13)23-15(24)21-11-5-3-4-10(8-11)17(18,19)20/h3-8H,1-2H3,(H2,21,22,23,24). The van der Waals surface area contributed by atoms with Gasteiger partial charge in [0.25, 0.3) is 0 Å². The van der Waals surface area contributed by atoms with E-state index in [2.05, 4.69) is 15.6 Å². The summed E-state index contributed by atoms with van der Waals surface area (Å²) in [6, 6.07) is 7.39. The van der Waals surface area contributed by atoms with Crippen molar-refractivity contribution in [2.24, 2.45) is 0 Å². The summed E-state index contributed by atoms with van der Waals surface area (Å²) in [6.45, 7) is 1.91. The minimum Gasteiger partial charge on any atom is -0.494 e. The van der Waals surface area contributed by atoms with Crippen molar-refractivity contribution in [1.29, 1.82) is 0 Å². The van der Waals surface area contributed by atoms with Gasteiger partial charge in [-0.3, -0.25) is 5.32 Å². The van der Waals surface area contributed by atoms with E-state index in [0.29, 0.717) is 16.4 Å². The fraction of sp³-hybridized carbons (Fsp3) is 0.176. The van der Waals surface area contributed by atoms with Gasteiger partial charge in [0.1, 0.15) is 11.3 Å². The molecule has 3 aromatic rings. The molecule has 2 N–H and O–H groups in total. The van der Waals surface area contributed by atoms with Crippen LogP contribution in [-0.2, 0) is 6.18 Å². The summed E-state index contributed by atoms with van der Waals surface area (Å²) in [6.07, 6.45) is -4.48. The number of alkyl halides is 3. The van der Waals surface area contributed by atoms with Crippen molar-refractivity contribution < 1.29 is 22.7 Å². The highest BCUT2D eigenvalue weighted by atomic mass is 32.1. The van der Waals surface area contributed by atoms with Crippen LogP contribution in [0.25, 0.3) is 10.2 Å². The van der Waals surface area contributed by atoms with E-state index in [1.807, 2.05) is 13.0 Å². The lowest BCUT2D eigenvalue weighted by molar-refractivity contribution is -0.137. The summed E-state index contributed by atoms with van der Waals surface area (Å²) in [4.78, 5) is 16.4. The van der Waals surface area contributed by atoms with Crippen LogP contribution in [0.2, 0.25) is 0 Å². The summed E-state index contributed by atoms with van der Waals surface area (Å²) in [5, 5.41) is 5.23. The Morgan fingerprint density at radius 1 is 1.19 bits per heavy atom. The lowest BCUT2D eigenvalue weighted by atomic mass is 10.2. The molecule has 0 saturated heterocycles. The molecule has 0 bridgehead atoms. The number of methoxy groups -OCH3 is 1. The number of fused-ring (bicyclic) bond motifs is 1.